The zero-order valence-electron chi connectivity index (χ0n) is 45.4. The number of carbonyl (C=O) groups is 6. The van der Waals surface area contributed by atoms with Crippen LogP contribution >= 0.6 is 0 Å². The monoisotopic (exact) mass is 993 g/mol. The zero-order chi connectivity index (χ0) is 51.5. The predicted molar refractivity (Wildman–Crippen MR) is 286 cm³/mol. The van der Waals surface area contributed by atoms with Crippen LogP contribution in [0.5, 0.6) is 0 Å². The van der Waals surface area contributed by atoms with Gasteiger partial charge in [-0.05, 0) is 188 Å². The number of carbonyl (C=O) groups excluding carboxylic acids is 6. The predicted octanol–water partition coefficient (Wildman–Crippen LogP) is 9.47. The lowest BCUT2D eigenvalue weighted by Gasteiger charge is -2.52. The van der Waals surface area contributed by atoms with Gasteiger partial charge in [-0.1, -0.05) is 75.1 Å². The molecule has 0 radical (unpaired) electrons. The average Bonchev–Trinajstić information content (AvgIpc) is 3.32. The van der Waals surface area contributed by atoms with E-state index in [2.05, 4.69) is 67.1 Å². The Labute approximate surface area is 433 Å². The SMILES string of the molecule is CC1C=C2CCCC(N(C)C(=O)CC(=O)NCCCCc3cc(CCCCNC(=O)CC(=O)N(C)C45CCCC(=CC(C)C4)C5)cc(CCCCNC(=O)CC(=O)N(C)C45CCCC(CC(C)C4)C5)c3)(C2)C1. The van der Waals surface area contributed by atoms with E-state index in [0.29, 0.717) is 43.3 Å². The van der Waals surface area contributed by atoms with Crippen molar-refractivity contribution in [2.45, 2.75) is 217 Å². The number of aryl methyl sites for hydroxylation is 3. The average molecular weight is 993 g/mol. The molecule has 1 aromatic rings. The third-order valence-electron chi connectivity index (χ3n) is 18.2. The fourth-order valence-electron chi connectivity index (χ4n) is 14.7. The maximum Gasteiger partial charge on any atom is 0.232 e. The molecule has 3 N–H and O–H groups in total. The molecule has 12 nitrogen and oxygen atoms in total. The van der Waals surface area contributed by atoms with Gasteiger partial charge < -0.3 is 30.7 Å². The van der Waals surface area contributed by atoms with Gasteiger partial charge in [0, 0.05) is 57.4 Å². The Morgan fingerprint density at radius 3 is 1.32 bits per heavy atom. The second-order valence-electron chi connectivity index (χ2n) is 24.2. The minimum Gasteiger partial charge on any atom is -0.356 e. The van der Waals surface area contributed by atoms with Gasteiger partial charge in [-0.15, -0.1) is 0 Å². The summed E-state index contributed by atoms with van der Waals surface area (Å²) in [6.45, 7) is 8.35. The fourth-order valence-corrected chi connectivity index (χ4v) is 14.7. The molecule has 4 saturated carbocycles. The Hall–Kier alpha value is -4.48. The molecule has 0 saturated heterocycles. The summed E-state index contributed by atoms with van der Waals surface area (Å²) < 4.78 is 0. The second-order valence-corrected chi connectivity index (χ2v) is 24.2. The van der Waals surface area contributed by atoms with Crippen LogP contribution in [0, 0.1) is 23.7 Å². The van der Waals surface area contributed by atoms with Crippen molar-refractivity contribution in [3.63, 3.8) is 0 Å². The third kappa shape index (κ3) is 14.6. The second kappa shape index (κ2) is 25.2. The minimum atomic E-state index is -0.210. The Morgan fingerprint density at radius 1 is 0.514 bits per heavy atom. The van der Waals surface area contributed by atoms with Gasteiger partial charge in [-0.25, -0.2) is 0 Å². The summed E-state index contributed by atoms with van der Waals surface area (Å²) >= 11 is 0. The molecule has 6 aliphatic carbocycles. The van der Waals surface area contributed by atoms with Crippen molar-refractivity contribution in [3.8, 4) is 0 Å². The normalized spacial score (nSPS) is 27.4. The van der Waals surface area contributed by atoms with E-state index in [0.717, 1.165) is 148 Å². The number of rotatable bonds is 24. The Kier molecular flexibility index (Phi) is 19.3. The van der Waals surface area contributed by atoms with Crippen LogP contribution in [-0.4, -0.2) is 108 Å². The molecule has 398 valence electrons. The summed E-state index contributed by atoms with van der Waals surface area (Å²) in [7, 11) is 5.70. The molecule has 12 heteroatoms. The van der Waals surface area contributed by atoms with E-state index in [1.165, 1.54) is 40.7 Å². The number of hydrogen-bond donors (Lipinski definition) is 3. The van der Waals surface area contributed by atoms with Gasteiger partial charge in [0.25, 0.3) is 0 Å². The van der Waals surface area contributed by atoms with E-state index in [-0.39, 0.29) is 71.3 Å². The first-order valence-corrected chi connectivity index (χ1v) is 28.6. The molecule has 1 aromatic carbocycles. The Morgan fingerprint density at radius 2 is 0.903 bits per heavy atom. The molecule has 6 aliphatic rings. The molecular formula is C60H92N6O6. The molecule has 4 fully saturated rings. The van der Waals surface area contributed by atoms with Crippen molar-refractivity contribution >= 4 is 35.4 Å². The maximum absolute atomic E-state index is 13.4. The summed E-state index contributed by atoms with van der Waals surface area (Å²) in [6, 6.07) is 6.86. The van der Waals surface area contributed by atoms with Gasteiger partial charge in [0.05, 0.1) is 0 Å². The van der Waals surface area contributed by atoms with Crippen LogP contribution in [0.2, 0.25) is 0 Å². The lowest BCUT2D eigenvalue weighted by atomic mass is 9.63. The number of unbranched alkanes of at least 4 members (excludes halogenated alkanes) is 3. The van der Waals surface area contributed by atoms with Gasteiger partial charge in [-0.3, -0.25) is 28.8 Å². The van der Waals surface area contributed by atoms with Gasteiger partial charge in [0.2, 0.25) is 35.4 Å². The lowest BCUT2D eigenvalue weighted by Crippen LogP contribution is -2.56. The molecule has 6 amide bonds. The van der Waals surface area contributed by atoms with Gasteiger partial charge in [0.15, 0.2) is 0 Å². The van der Waals surface area contributed by atoms with Crippen LogP contribution in [0.15, 0.2) is 41.5 Å². The number of benzene rings is 1. The van der Waals surface area contributed by atoms with Crippen LogP contribution < -0.4 is 16.0 Å². The molecule has 0 aromatic heterocycles. The highest BCUT2D eigenvalue weighted by Crippen LogP contribution is 2.49. The van der Waals surface area contributed by atoms with Crippen molar-refractivity contribution < 1.29 is 28.8 Å². The highest BCUT2D eigenvalue weighted by Gasteiger charge is 2.47. The lowest BCUT2D eigenvalue weighted by molar-refractivity contribution is -0.144. The smallest absolute Gasteiger partial charge is 0.232 e. The van der Waals surface area contributed by atoms with E-state index in [9.17, 15) is 28.8 Å². The largest absolute Gasteiger partial charge is 0.356 e. The molecule has 72 heavy (non-hydrogen) atoms. The fraction of sp³-hybridized carbons (Fsp3) is 0.733. The molecule has 0 aliphatic heterocycles. The number of nitrogens with zero attached hydrogens (tertiary/aromatic N) is 3. The zero-order valence-corrected chi connectivity index (χ0v) is 45.4. The van der Waals surface area contributed by atoms with Gasteiger partial charge in [-0.2, -0.15) is 0 Å². The molecule has 0 heterocycles. The third-order valence-corrected chi connectivity index (χ3v) is 18.2. The molecule has 7 rings (SSSR count). The Bertz CT molecular complexity index is 2060. The molecule has 6 bridgehead atoms. The first-order valence-electron chi connectivity index (χ1n) is 28.6. The highest BCUT2D eigenvalue weighted by atomic mass is 16.2. The van der Waals surface area contributed by atoms with Crippen LogP contribution in [0.1, 0.15) is 198 Å². The Balaban J connectivity index is 0.850. The topological polar surface area (TPSA) is 148 Å². The molecular weight excluding hydrogens is 901 g/mol. The van der Waals surface area contributed by atoms with Crippen molar-refractivity contribution in [2.75, 3.05) is 40.8 Å². The summed E-state index contributed by atoms with van der Waals surface area (Å²) in [4.78, 5) is 84.7. The van der Waals surface area contributed by atoms with Crippen molar-refractivity contribution in [1.29, 1.82) is 0 Å². The van der Waals surface area contributed by atoms with E-state index < -0.39 is 0 Å². The van der Waals surface area contributed by atoms with E-state index >= 15 is 0 Å². The summed E-state index contributed by atoms with van der Waals surface area (Å²) in [6.07, 6.45) is 29.2. The van der Waals surface area contributed by atoms with E-state index in [1.54, 1.807) is 0 Å². The quantitative estimate of drug-likeness (QED) is 0.0534. The van der Waals surface area contributed by atoms with Crippen LogP contribution in [-0.2, 0) is 48.0 Å². The van der Waals surface area contributed by atoms with Gasteiger partial charge in [0.1, 0.15) is 19.3 Å². The van der Waals surface area contributed by atoms with Crippen molar-refractivity contribution in [3.05, 3.63) is 58.2 Å². The van der Waals surface area contributed by atoms with Crippen LogP contribution in [0.25, 0.3) is 0 Å². The first kappa shape index (κ1) is 55.3. The molecule has 7 atom stereocenters. The van der Waals surface area contributed by atoms with Crippen molar-refractivity contribution in [2.24, 2.45) is 23.7 Å². The minimum absolute atomic E-state index is 0.0683. The summed E-state index contributed by atoms with van der Waals surface area (Å²) in [5, 5.41) is 9.06. The van der Waals surface area contributed by atoms with Crippen LogP contribution in [0.3, 0.4) is 0 Å². The van der Waals surface area contributed by atoms with Crippen molar-refractivity contribution in [1.82, 2.24) is 30.7 Å². The standard InChI is InChI=1S/C60H92N6O6/c1-43-28-49-19-13-22-58(37-43,40-49)64(4)55(70)34-52(67)61-25-10-7-16-46-31-47(17-8-11-26-62-53(68)35-56(71)65(5)59-23-14-20-50(41-59)29-44(2)38-59)33-48(32-46)18-9-12-27-63-54(69)36-57(72)66(6)60-24-15-21-51(42-60)30-45(3)39-60/h28-29,31-33,43-45,51H,7-27,30,34-42H2,1-6H3,(H,61,67)(H,62,68)(H,63,69). The summed E-state index contributed by atoms with van der Waals surface area (Å²) in [5.74, 6) is 1.32. The number of amides is 6. The number of fused-ring (bicyclic) bond motifs is 6. The number of hydrogen-bond acceptors (Lipinski definition) is 6. The van der Waals surface area contributed by atoms with E-state index in [4.69, 9.17) is 0 Å². The maximum atomic E-state index is 13.4. The number of allylic oxidation sites excluding steroid dienone is 2. The first-order chi connectivity index (χ1) is 34.4. The molecule has 0 spiro atoms. The van der Waals surface area contributed by atoms with Crippen LogP contribution in [0.4, 0.5) is 0 Å². The number of nitrogens with one attached hydrogen (secondary N) is 3. The molecule has 7 unspecified atom stereocenters. The summed E-state index contributed by atoms with van der Waals surface area (Å²) in [5.41, 5.74) is 6.26. The van der Waals surface area contributed by atoms with E-state index in [1.807, 2.05) is 35.8 Å². The highest BCUT2D eigenvalue weighted by molar-refractivity contribution is 5.98. The van der Waals surface area contributed by atoms with Gasteiger partial charge >= 0.3 is 0 Å².